The molecule has 0 aliphatic carbocycles. The van der Waals surface area contributed by atoms with E-state index < -0.39 is 17.7 Å². The molecule has 1 atom stereocenters. The van der Waals surface area contributed by atoms with Crippen molar-refractivity contribution >= 4 is 46.2 Å². The fourth-order valence-corrected chi connectivity index (χ4v) is 4.24. The quantitative estimate of drug-likeness (QED) is 0.423. The molecule has 0 bridgehead atoms. The molecule has 1 aromatic heterocycles. The lowest BCUT2D eigenvalue weighted by atomic mass is 10.0. The summed E-state index contributed by atoms with van der Waals surface area (Å²) in [6.45, 7) is 0.159. The summed E-state index contributed by atoms with van der Waals surface area (Å²) in [5.74, 6) is -1.63. The Morgan fingerprint density at radius 3 is 2.71 bits per heavy atom. The van der Waals surface area contributed by atoms with E-state index in [-0.39, 0.29) is 24.6 Å². The number of benzene rings is 2. The summed E-state index contributed by atoms with van der Waals surface area (Å²) in [4.78, 5) is 20.6. The van der Waals surface area contributed by atoms with Crippen molar-refractivity contribution in [3.05, 3.63) is 91.6 Å². The van der Waals surface area contributed by atoms with E-state index in [1.54, 1.807) is 35.7 Å². The molecule has 9 heteroatoms. The highest BCUT2D eigenvalue weighted by Gasteiger charge is 2.28. The van der Waals surface area contributed by atoms with Crippen LogP contribution in [-0.2, 0) is 11.4 Å². The summed E-state index contributed by atoms with van der Waals surface area (Å²) in [5.41, 5.74) is 1.67. The third-order valence-corrected chi connectivity index (χ3v) is 6.40. The van der Waals surface area contributed by atoms with E-state index in [0.29, 0.717) is 27.1 Å². The first-order valence-electron chi connectivity index (χ1n) is 9.35. The monoisotopic (exact) mass is 480 g/mol. The lowest BCUT2D eigenvalue weighted by Gasteiger charge is -2.24. The third-order valence-electron chi connectivity index (χ3n) is 4.81. The van der Waals surface area contributed by atoms with Crippen LogP contribution in [0.3, 0.4) is 0 Å². The van der Waals surface area contributed by atoms with Gasteiger partial charge in [0.1, 0.15) is 11.6 Å². The summed E-state index contributed by atoms with van der Waals surface area (Å²) in [6, 6.07) is 12.0. The Balaban J connectivity index is 1.51. The molecule has 1 aliphatic rings. The standard InChI is InChI=1S/C22H16Cl2F2N2O2S/c23-17-6-4-13(8-18(17)24)20-10-16(30-27-20)12-28(22(29)21-2-1-7-31-21)11-14-3-5-15(25)9-19(14)26/h1-9,16H,10-12H2/t16-/m0/s1. The van der Waals surface area contributed by atoms with Gasteiger partial charge in [0.15, 0.2) is 6.10 Å². The second-order valence-corrected chi connectivity index (χ2v) is 8.76. The molecular weight excluding hydrogens is 465 g/mol. The number of carbonyl (C=O) groups is 1. The molecule has 0 N–H and O–H groups in total. The Morgan fingerprint density at radius 1 is 1.16 bits per heavy atom. The van der Waals surface area contributed by atoms with Crippen LogP contribution >= 0.6 is 34.5 Å². The maximum absolute atomic E-state index is 14.2. The third kappa shape index (κ3) is 5.06. The lowest BCUT2D eigenvalue weighted by Crippen LogP contribution is -2.37. The SMILES string of the molecule is O=C(c1cccs1)N(Cc1ccc(F)cc1F)C[C@@H]1CC(c2ccc(Cl)c(Cl)c2)=NO1. The van der Waals surface area contributed by atoms with Crippen molar-refractivity contribution in [1.29, 1.82) is 0 Å². The molecule has 0 radical (unpaired) electrons. The van der Waals surface area contributed by atoms with Crippen molar-refractivity contribution in [2.75, 3.05) is 6.54 Å². The van der Waals surface area contributed by atoms with Gasteiger partial charge in [-0.05, 0) is 29.6 Å². The van der Waals surface area contributed by atoms with Crippen LogP contribution in [0.1, 0.15) is 27.2 Å². The number of carbonyl (C=O) groups excluding carboxylic acids is 1. The Morgan fingerprint density at radius 2 is 2.00 bits per heavy atom. The minimum Gasteiger partial charge on any atom is -0.390 e. The minimum absolute atomic E-state index is 0.0230. The van der Waals surface area contributed by atoms with Crippen LogP contribution in [0.25, 0.3) is 0 Å². The van der Waals surface area contributed by atoms with Gasteiger partial charge in [0.2, 0.25) is 0 Å². The lowest BCUT2D eigenvalue weighted by molar-refractivity contribution is 0.0406. The first kappa shape index (κ1) is 21.7. The number of amides is 1. The summed E-state index contributed by atoms with van der Waals surface area (Å²) < 4.78 is 27.5. The van der Waals surface area contributed by atoms with Crippen LogP contribution < -0.4 is 0 Å². The molecular formula is C22H16Cl2F2N2O2S. The van der Waals surface area contributed by atoms with Gasteiger partial charge in [0, 0.05) is 30.2 Å². The van der Waals surface area contributed by atoms with Crippen LogP contribution in [0.15, 0.2) is 59.1 Å². The highest BCUT2D eigenvalue weighted by Crippen LogP contribution is 2.26. The van der Waals surface area contributed by atoms with Gasteiger partial charge in [-0.25, -0.2) is 8.78 Å². The Bertz CT molecular complexity index is 1140. The van der Waals surface area contributed by atoms with Gasteiger partial charge < -0.3 is 9.74 Å². The predicted octanol–water partition coefficient (Wildman–Crippen LogP) is 6.17. The molecule has 31 heavy (non-hydrogen) atoms. The topological polar surface area (TPSA) is 41.9 Å². The van der Waals surface area contributed by atoms with E-state index in [1.165, 1.54) is 28.4 Å². The number of halogens is 4. The highest BCUT2D eigenvalue weighted by atomic mass is 35.5. The van der Waals surface area contributed by atoms with E-state index in [1.807, 2.05) is 0 Å². The minimum atomic E-state index is -0.705. The fourth-order valence-electron chi connectivity index (χ4n) is 3.25. The number of hydrogen-bond donors (Lipinski definition) is 0. The van der Waals surface area contributed by atoms with Crippen LogP contribution in [0.4, 0.5) is 8.78 Å². The van der Waals surface area contributed by atoms with Crippen molar-refractivity contribution in [3.63, 3.8) is 0 Å². The van der Waals surface area contributed by atoms with Crippen molar-refractivity contribution in [2.45, 2.75) is 19.1 Å². The molecule has 3 aromatic rings. The van der Waals surface area contributed by atoms with E-state index in [9.17, 15) is 13.6 Å². The molecule has 4 nitrogen and oxygen atoms in total. The van der Waals surface area contributed by atoms with Gasteiger partial charge in [-0.15, -0.1) is 11.3 Å². The van der Waals surface area contributed by atoms with Crippen LogP contribution in [0, 0.1) is 11.6 Å². The average Bonchev–Trinajstić information content (AvgIpc) is 3.43. The highest BCUT2D eigenvalue weighted by molar-refractivity contribution is 7.12. The Labute approximate surface area is 191 Å². The number of oxime groups is 1. The molecule has 0 saturated carbocycles. The molecule has 2 heterocycles. The number of thiophene rings is 1. The summed E-state index contributed by atoms with van der Waals surface area (Å²) in [7, 11) is 0. The van der Waals surface area contributed by atoms with Crippen LogP contribution in [0.2, 0.25) is 10.0 Å². The van der Waals surface area contributed by atoms with Crippen LogP contribution in [0.5, 0.6) is 0 Å². The van der Waals surface area contributed by atoms with Gasteiger partial charge >= 0.3 is 0 Å². The molecule has 0 unspecified atom stereocenters. The van der Waals surface area contributed by atoms with E-state index in [0.717, 1.165) is 11.6 Å². The summed E-state index contributed by atoms with van der Waals surface area (Å²) in [6.07, 6.45) is 0.0230. The molecule has 4 rings (SSSR count). The predicted molar refractivity (Wildman–Crippen MR) is 118 cm³/mol. The Kier molecular flexibility index (Phi) is 6.55. The summed E-state index contributed by atoms with van der Waals surface area (Å²) >= 11 is 13.3. The van der Waals surface area contributed by atoms with Gasteiger partial charge in [0.25, 0.3) is 5.91 Å². The maximum atomic E-state index is 14.2. The van der Waals surface area contributed by atoms with E-state index in [4.69, 9.17) is 28.0 Å². The average molecular weight is 481 g/mol. The largest absolute Gasteiger partial charge is 0.390 e. The molecule has 1 aliphatic heterocycles. The number of nitrogens with zero attached hydrogens (tertiary/aromatic N) is 2. The normalized spacial score (nSPS) is 15.5. The second-order valence-electron chi connectivity index (χ2n) is 7.00. The van der Waals surface area contributed by atoms with E-state index >= 15 is 0 Å². The van der Waals surface area contributed by atoms with Crippen molar-refractivity contribution in [3.8, 4) is 0 Å². The van der Waals surface area contributed by atoms with Gasteiger partial charge in [-0.1, -0.05) is 46.6 Å². The first-order chi connectivity index (χ1) is 14.9. The molecule has 160 valence electrons. The number of rotatable bonds is 6. The molecule has 0 fully saturated rings. The van der Waals surface area contributed by atoms with Crippen molar-refractivity contribution < 1.29 is 18.4 Å². The first-order valence-corrected chi connectivity index (χ1v) is 11.0. The molecule has 2 aromatic carbocycles. The number of hydrogen-bond acceptors (Lipinski definition) is 4. The van der Waals surface area contributed by atoms with Gasteiger partial charge in [0.05, 0.1) is 27.2 Å². The summed E-state index contributed by atoms with van der Waals surface area (Å²) in [5, 5.41) is 6.77. The second kappa shape index (κ2) is 9.34. The maximum Gasteiger partial charge on any atom is 0.264 e. The smallest absolute Gasteiger partial charge is 0.264 e. The van der Waals surface area contributed by atoms with Crippen LogP contribution in [-0.4, -0.2) is 29.2 Å². The Hall–Kier alpha value is -2.48. The molecule has 0 saturated heterocycles. The zero-order valence-electron chi connectivity index (χ0n) is 16.0. The molecule has 1 amide bonds. The van der Waals surface area contributed by atoms with Crippen molar-refractivity contribution in [2.24, 2.45) is 5.16 Å². The fraction of sp³-hybridized carbons (Fsp3) is 0.182. The van der Waals surface area contributed by atoms with Gasteiger partial charge in [-0.3, -0.25) is 4.79 Å². The van der Waals surface area contributed by atoms with Gasteiger partial charge in [-0.2, -0.15) is 0 Å². The van der Waals surface area contributed by atoms with E-state index in [2.05, 4.69) is 5.16 Å². The van der Waals surface area contributed by atoms with Crippen molar-refractivity contribution in [1.82, 2.24) is 4.90 Å². The zero-order valence-corrected chi connectivity index (χ0v) is 18.4. The zero-order chi connectivity index (χ0) is 22.0. The molecule has 0 spiro atoms.